The summed E-state index contributed by atoms with van der Waals surface area (Å²) in [7, 11) is 0. The molecule has 0 N–H and O–H groups in total. The molecule has 0 unspecified atom stereocenters. The Morgan fingerprint density at radius 3 is 2.62 bits per heavy atom. The number of rotatable bonds is 1. The van der Waals surface area contributed by atoms with Crippen molar-refractivity contribution in [3.05, 3.63) is 34.1 Å². The highest BCUT2D eigenvalue weighted by molar-refractivity contribution is 5.83. The summed E-state index contributed by atoms with van der Waals surface area (Å²) in [5.41, 5.74) is 7.61. The monoisotopic (exact) mass is 285 g/mol. The number of aliphatic imine (C=N–C) groups is 1. The molecule has 0 spiro atoms. The lowest BCUT2D eigenvalue weighted by atomic mass is 9.74. The zero-order valence-electron chi connectivity index (χ0n) is 14.7. The highest BCUT2D eigenvalue weighted by Crippen LogP contribution is 2.43. The SMILES string of the molecule is C/C=C1\C=NC2=C(C(C)(C)C)C[C@H](C)CCC(CC)=C2C1. The van der Waals surface area contributed by atoms with Crippen LogP contribution in [0.3, 0.4) is 0 Å². The van der Waals surface area contributed by atoms with E-state index in [0.29, 0.717) is 0 Å². The Bertz CT molecular complexity index is 521. The summed E-state index contributed by atoms with van der Waals surface area (Å²) in [6, 6.07) is 0. The molecule has 1 aliphatic carbocycles. The first kappa shape index (κ1) is 16.3. The molecule has 0 aromatic rings. The molecule has 116 valence electrons. The van der Waals surface area contributed by atoms with Crippen LogP contribution in [0.1, 0.15) is 73.6 Å². The van der Waals surface area contributed by atoms with E-state index < -0.39 is 0 Å². The minimum absolute atomic E-state index is 0.204. The van der Waals surface area contributed by atoms with Crippen LogP contribution in [-0.4, -0.2) is 6.21 Å². The second-order valence-corrected chi connectivity index (χ2v) is 7.66. The van der Waals surface area contributed by atoms with Gasteiger partial charge in [-0.1, -0.05) is 46.3 Å². The Morgan fingerprint density at radius 2 is 2.05 bits per heavy atom. The lowest BCUT2D eigenvalue weighted by molar-refractivity contribution is 0.418. The van der Waals surface area contributed by atoms with Crippen molar-refractivity contribution in [1.29, 1.82) is 0 Å². The van der Waals surface area contributed by atoms with Crippen LogP contribution in [0.25, 0.3) is 0 Å². The Balaban J connectivity index is 2.66. The van der Waals surface area contributed by atoms with Crippen LogP contribution in [0.4, 0.5) is 0 Å². The number of nitrogens with zero attached hydrogens (tertiary/aromatic N) is 1. The summed E-state index contributed by atoms with van der Waals surface area (Å²) in [4.78, 5) is 4.91. The molecular formula is C20H31N. The van der Waals surface area contributed by atoms with Gasteiger partial charge in [0.25, 0.3) is 0 Å². The van der Waals surface area contributed by atoms with Crippen molar-refractivity contribution >= 4 is 6.21 Å². The number of allylic oxidation sites excluding steroid dienone is 5. The van der Waals surface area contributed by atoms with Gasteiger partial charge >= 0.3 is 0 Å². The van der Waals surface area contributed by atoms with E-state index in [1.54, 1.807) is 11.1 Å². The van der Waals surface area contributed by atoms with Crippen LogP contribution < -0.4 is 0 Å². The predicted molar refractivity (Wildman–Crippen MR) is 93.7 cm³/mol. The Kier molecular flexibility index (Phi) is 4.91. The van der Waals surface area contributed by atoms with Gasteiger partial charge in [0, 0.05) is 12.6 Å². The smallest absolute Gasteiger partial charge is 0.0662 e. The highest BCUT2D eigenvalue weighted by Gasteiger charge is 2.29. The van der Waals surface area contributed by atoms with Gasteiger partial charge in [0.2, 0.25) is 0 Å². The zero-order valence-corrected chi connectivity index (χ0v) is 14.7. The van der Waals surface area contributed by atoms with E-state index in [4.69, 9.17) is 4.99 Å². The van der Waals surface area contributed by atoms with E-state index in [2.05, 4.69) is 53.8 Å². The summed E-state index contributed by atoms with van der Waals surface area (Å²) in [6.07, 6.45) is 10.3. The average Bonchev–Trinajstić information content (AvgIpc) is 2.42. The van der Waals surface area contributed by atoms with Gasteiger partial charge in [0.1, 0.15) is 0 Å². The molecule has 0 aromatic carbocycles. The third-order valence-corrected chi connectivity index (χ3v) is 4.93. The van der Waals surface area contributed by atoms with E-state index in [1.807, 2.05) is 0 Å². The van der Waals surface area contributed by atoms with E-state index >= 15 is 0 Å². The second-order valence-electron chi connectivity index (χ2n) is 7.66. The normalized spacial score (nSPS) is 26.0. The fourth-order valence-corrected chi connectivity index (χ4v) is 3.46. The molecule has 2 rings (SSSR count). The average molecular weight is 285 g/mol. The molecule has 1 heterocycles. The fraction of sp³-hybridized carbons (Fsp3) is 0.650. The molecule has 0 amide bonds. The van der Waals surface area contributed by atoms with Gasteiger partial charge in [0.15, 0.2) is 0 Å². The standard InChI is InChI=1S/C20H31N/c1-7-15-12-17-16(8-2)10-9-14(3)11-18(20(4,5)6)19(17)21-13-15/h7,13-14H,8-12H2,1-6H3/b15-7-,17-16?,19-18?/t14-/m1/s1. The summed E-state index contributed by atoms with van der Waals surface area (Å²) < 4.78 is 0. The van der Waals surface area contributed by atoms with Crippen LogP contribution in [0, 0.1) is 11.3 Å². The van der Waals surface area contributed by atoms with Crippen molar-refractivity contribution in [2.75, 3.05) is 0 Å². The fourth-order valence-electron chi connectivity index (χ4n) is 3.46. The van der Waals surface area contributed by atoms with Gasteiger partial charge in [0.05, 0.1) is 5.70 Å². The minimum atomic E-state index is 0.204. The minimum Gasteiger partial charge on any atom is -0.256 e. The van der Waals surface area contributed by atoms with Gasteiger partial charge in [-0.15, -0.1) is 0 Å². The van der Waals surface area contributed by atoms with Crippen molar-refractivity contribution in [3.8, 4) is 0 Å². The van der Waals surface area contributed by atoms with Crippen LogP contribution in [0.2, 0.25) is 0 Å². The van der Waals surface area contributed by atoms with Crippen LogP contribution in [0.5, 0.6) is 0 Å². The van der Waals surface area contributed by atoms with Crippen molar-refractivity contribution in [2.45, 2.75) is 73.6 Å². The first-order valence-electron chi connectivity index (χ1n) is 8.51. The third-order valence-electron chi connectivity index (χ3n) is 4.93. The topological polar surface area (TPSA) is 12.4 Å². The molecule has 1 aliphatic heterocycles. The lowest BCUT2D eigenvalue weighted by Gasteiger charge is -2.33. The Morgan fingerprint density at radius 1 is 1.33 bits per heavy atom. The van der Waals surface area contributed by atoms with Gasteiger partial charge < -0.3 is 0 Å². The van der Waals surface area contributed by atoms with Crippen LogP contribution in [0.15, 0.2) is 39.1 Å². The third kappa shape index (κ3) is 3.56. The van der Waals surface area contributed by atoms with Crippen molar-refractivity contribution < 1.29 is 0 Å². The number of fused-ring (bicyclic) bond motifs is 1. The summed E-state index contributed by atoms with van der Waals surface area (Å²) >= 11 is 0. The molecule has 0 radical (unpaired) electrons. The van der Waals surface area contributed by atoms with Gasteiger partial charge in [-0.2, -0.15) is 0 Å². The van der Waals surface area contributed by atoms with E-state index in [-0.39, 0.29) is 5.41 Å². The summed E-state index contributed by atoms with van der Waals surface area (Å²) in [5, 5.41) is 0. The molecule has 21 heavy (non-hydrogen) atoms. The molecule has 0 fully saturated rings. The van der Waals surface area contributed by atoms with Gasteiger partial charge in [-0.05, 0) is 60.7 Å². The van der Waals surface area contributed by atoms with Crippen molar-refractivity contribution in [1.82, 2.24) is 0 Å². The first-order valence-corrected chi connectivity index (χ1v) is 8.51. The number of hydrogen-bond donors (Lipinski definition) is 0. The molecule has 1 heteroatoms. The van der Waals surface area contributed by atoms with E-state index in [9.17, 15) is 0 Å². The first-order chi connectivity index (χ1) is 9.86. The Hall–Kier alpha value is -1.11. The van der Waals surface area contributed by atoms with Crippen LogP contribution in [-0.2, 0) is 0 Å². The molecule has 0 saturated carbocycles. The zero-order chi connectivity index (χ0) is 15.6. The largest absolute Gasteiger partial charge is 0.256 e. The molecule has 0 aromatic heterocycles. The maximum absolute atomic E-state index is 4.91. The second kappa shape index (κ2) is 6.34. The molecule has 2 aliphatic rings. The van der Waals surface area contributed by atoms with Gasteiger partial charge in [-0.25, -0.2) is 0 Å². The highest BCUT2D eigenvalue weighted by atomic mass is 14.8. The summed E-state index contributed by atoms with van der Waals surface area (Å²) in [6.45, 7) is 13.8. The van der Waals surface area contributed by atoms with Crippen molar-refractivity contribution in [2.24, 2.45) is 16.3 Å². The summed E-state index contributed by atoms with van der Waals surface area (Å²) in [5.74, 6) is 0.758. The quantitative estimate of drug-likeness (QED) is 0.541. The van der Waals surface area contributed by atoms with E-state index in [0.717, 1.165) is 18.8 Å². The molecule has 0 bridgehead atoms. The van der Waals surface area contributed by atoms with E-state index in [1.165, 1.54) is 36.1 Å². The van der Waals surface area contributed by atoms with Gasteiger partial charge in [-0.3, -0.25) is 4.99 Å². The van der Waals surface area contributed by atoms with Crippen LogP contribution >= 0.6 is 0 Å². The molecular weight excluding hydrogens is 254 g/mol. The number of hydrogen-bond acceptors (Lipinski definition) is 1. The predicted octanol–water partition coefficient (Wildman–Crippen LogP) is 6.23. The Labute approximate surface area is 130 Å². The molecule has 1 atom stereocenters. The maximum Gasteiger partial charge on any atom is 0.0662 e. The van der Waals surface area contributed by atoms with Crippen molar-refractivity contribution in [3.63, 3.8) is 0 Å². The molecule has 1 nitrogen and oxygen atoms in total. The molecule has 0 saturated heterocycles. The lowest BCUT2D eigenvalue weighted by Crippen LogP contribution is -2.19. The maximum atomic E-state index is 4.91.